The summed E-state index contributed by atoms with van der Waals surface area (Å²) in [7, 11) is 0. The highest BCUT2D eigenvalue weighted by molar-refractivity contribution is 5.91. The van der Waals surface area contributed by atoms with Gasteiger partial charge in [0.05, 0.1) is 5.69 Å². The van der Waals surface area contributed by atoms with Crippen LogP contribution in [-0.4, -0.2) is 9.55 Å². The van der Waals surface area contributed by atoms with Gasteiger partial charge < -0.3 is 0 Å². The van der Waals surface area contributed by atoms with Crippen molar-refractivity contribution in [2.24, 2.45) is 0 Å². The molecule has 130 valence electrons. The summed E-state index contributed by atoms with van der Waals surface area (Å²) in [5.41, 5.74) is 2.56. The first-order chi connectivity index (χ1) is 13.3. The van der Waals surface area contributed by atoms with Crippen LogP contribution in [-0.2, 0) is 0 Å². The predicted molar refractivity (Wildman–Crippen MR) is 112 cm³/mol. The van der Waals surface area contributed by atoms with E-state index in [1.165, 1.54) is 0 Å². The fraction of sp³-hybridized carbons (Fsp3) is 0. The quantitative estimate of drug-likeness (QED) is 0.479. The SMILES string of the molecule is C=CC(=Cc1ccccc1)c1cc2ccccc2c(=O)n1-c1ccccn1. The second kappa shape index (κ2) is 7.26. The molecule has 0 bridgehead atoms. The third kappa shape index (κ3) is 3.23. The average Bonchev–Trinajstić information content (AvgIpc) is 2.73. The maximum Gasteiger partial charge on any atom is 0.264 e. The second-order valence-electron chi connectivity index (χ2n) is 6.16. The molecule has 0 saturated carbocycles. The largest absolute Gasteiger partial charge is 0.268 e. The Morgan fingerprint density at radius 2 is 1.67 bits per heavy atom. The molecule has 3 heteroatoms. The van der Waals surface area contributed by atoms with E-state index in [0.717, 1.165) is 22.2 Å². The lowest BCUT2D eigenvalue weighted by molar-refractivity contribution is 0.938. The maximum absolute atomic E-state index is 13.3. The fourth-order valence-electron chi connectivity index (χ4n) is 3.15. The van der Waals surface area contributed by atoms with Crippen molar-refractivity contribution < 1.29 is 0 Å². The molecule has 2 aromatic heterocycles. The summed E-state index contributed by atoms with van der Waals surface area (Å²) >= 11 is 0. The highest BCUT2D eigenvalue weighted by Crippen LogP contribution is 2.24. The molecule has 0 aliphatic carbocycles. The van der Waals surface area contributed by atoms with Crippen LogP contribution >= 0.6 is 0 Å². The Balaban J connectivity index is 2.05. The first-order valence-corrected chi connectivity index (χ1v) is 8.74. The molecule has 4 rings (SSSR count). The molecule has 0 amide bonds. The Labute approximate surface area is 157 Å². The monoisotopic (exact) mass is 350 g/mol. The summed E-state index contributed by atoms with van der Waals surface area (Å²) in [5.74, 6) is 0.587. The fourth-order valence-corrected chi connectivity index (χ4v) is 3.15. The molecule has 2 heterocycles. The number of nitrogens with zero attached hydrogens (tertiary/aromatic N) is 2. The number of benzene rings is 2. The number of rotatable bonds is 4. The van der Waals surface area contributed by atoms with Gasteiger partial charge in [-0.25, -0.2) is 4.98 Å². The van der Waals surface area contributed by atoms with Crippen LogP contribution in [0.4, 0.5) is 0 Å². The molecular weight excluding hydrogens is 332 g/mol. The van der Waals surface area contributed by atoms with E-state index < -0.39 is 0 Å². The third-order valence-electron chi connectivity index (χ3n) is 4.44. The molecule has 0 atom stereocenters. The normalized spacial score (nSPS) is 11.5. The van der Waals surface area contributed by atoms with Crippen LogP contribution < -0.4 is 5.56 Å². The molecule has 0 aliphatic heterocycles. The lowest BCUT2D eigenvalue weighted by Crippen LogP contribution is -2.22. The van der Waals surface area contributed by atoms with E-state index in [2.05, 4.69) is 11.6 Å². The van der Waals surface area contributed by atoms with Crippen molar-refractivity contribution in [3.8, 4) is 5.82 Å². The molecule has 0 aliphatic rings. The Hall–Kier alpha value is -3.72. The summed E-state index contributed by atoms with van der Waals surface area (Å²) in [6, 6.07) is 25.2. The molecule has 0 N–H and O–H groups in total. The van der Waals surface area contributed by atoms with Gasteiger partial charge in [0.2, 0.25) is 0 Å². The van der Waals surface area contributed by atoms with Crippen LogP contribution in [0.2, 0.25) is 0 Å². The van der Waals surface area contributed by atoms with E-state index in [1.807, 2.05) is 84.9 Å². The topological polar surface area (TPSA) is 34.9 Å². The first kappa shape index (κ1) is 16.7. The Bertz CT molecular complexity index is 1190. The number of pyridine rings is 2. The lowest BCUT2D eigenvalue weighted by atomic mass is 10.0. The minimum absolute atomic E-state index is 0.0948. The minimum Gasteiger partial charge on any atom is -0.268 e. The van der Waals surface area contributed by atoms with E-state index in [9.17, 15) is 4.79 Å². The van der Waals surface area contributed by atoms with Crippen LogP contribution in [0, 0.1) is 0 Å². The van der Waals surface area contributed by atoms with Crippen LogP contribution in [0.5, 0.6) is 0 Å². The first-order valence-electron chi connectivity index (χ1n) is 8.74. The van der Waals surface area contributed by atoms with E-state index in [4.69, 9.17) is 0 Å². The number of fused-ring (bicyclic) bond motifs is 1. The zero-order valence-corrected chi connectivity index (χ0v) is 14.7. The Morgan fingerprint density at radius 3 is 2.41 bits per heavy atom. The number of aromatic nitrogens is 2. The summed E-state index contributed by atoms with van der Waals surface area (Å²) < 4.78 is 1.65. The summed E-state index contributed by atoms with van der Waals surface area (Å²) in [5, 5.41) is 1.56. The number of hydrogen-bond acceptors (Lipinski definition) is 2. The molecule has 0 radical (unpaired) electrons. The molecule has 2 aromatic carbocycles. The Morgan fingerprint density at radius 1 is 0.926 bits per heavy atom. The summed E-state index contributed by atoms with van der Waals surface area (Å²) in [6.07, 6.45) is 5.49. The van der Waals surface area contributed by atoms with Gasteiger partial charge in [0.25, 0.3) is 5.56 Å². The molecule has 0 unspecified atom stereocenters. The van der Waals surface area contributed by atoms with Crippen molar-refractivity contribution in [3.05, 3.63) is 119 Å². The lowest BCUT2D eigenvalue weighted by Gasteiger charge is -2.15. The molecule has 0 spiro atoms. The minimum atomic E-state index is -0.0948. The van der Waals surface area contributed by atoms with Crippen LogP contribution in [0.3, 0.4) is 0 Å². The summed E-state index contributed by atoms with van der Waals surface area (Å²) in [4.78, 5) is 17.7. The second-order valence-corrected chi connectivity index (χ2v) is 6.16. The molecule has 4 aromatic rings. The number of allylic oxidation sites excluding steroid dienone is 2. The summed E-state index contributed by atoms with van der Waals surface area (Å²) in [6.45, 7) is 3.97. The zero-order chi connectivity index (χ0) is 18.6. The van der Waals surface area contributed by atoms with E-state index in [1.54, 1.807) is 16.8 Å². The molecule has 3 nitrogen and oxygen atoms in total. The molecule has 27 heavy (non-hydrogen) atoms. The van der Waals surface area contributed by atoms with Crippen LogP contribution in [0.1, 0.15) is 11.3 Å². The van der Waals surface area contributed by atoms with Gasteiger partial charge in [-0.2, -0.15) is 0 Å². The van der Waals surface area contributed by atoms with Gasteiger partial charge in [0.1, 0.15) is 5.82 Å². The van der Waals surface area contributed by atoms with Crippen molar-refractivity contribution in [1.82, 2.24) is 9.55 Å². The van der Waals surface area contributed by atoms with Crippen molar-refractivity contribution in [3.63, 3.8) is 0 Å². The average molecular weight is 350 g/mol. The Kier molecular flexibility index (Phi) is 4.50. The smallest absolute Gasteiger partial charge is 0.264 e. The van der Waals surface area contributed by atoms with Gasteiger partial charge >= 0.3 is 0 Å². The van der Waals surface area contributed by atoms with Crippen molar-refractivity contribution in [1.29, 1.82) is 0 Å². The molecule has 0 fully saturated rings. The predicted octanol–water partition coefficient (Wildman–Crippen LogP) is 5.11. The van der Waals surface area contributed by atoms with Gasteiger partial charge in [-0.3, -0.25) is 9.36 Å². The molecular formula is C24H18N2O. The van der Waals surface area contributed by atoms with E-state index in [0.29, 0.717) is 11.2 Å². The van der Waals surface area contributed by atoms with Crippen molar-refractivity contribution in [2.45, 2.75) is 0 Å². The van der Waals surface area contributed by atoms with Crippen LogP contribution in [0.25, 0.3) is 28.2 Å². The van der Waals surface area contributed by atoms with Gasteiger partial charge in [0.15, 0.2) is 0 Å². The van der Waals surface area contributed by atoms with E-state index >= 15 is 0 Å². The highest BCUT2D eigenvalue weighted by Gasteiger charge is 2.13. The van der Waals surface area contributed by atoms with Gasteiger partial charge in [-0.15, -0.1) is 0 Å². The molecule has 0 saturated heterocycles. The maximum atomic E-state index is 13.3. The van der Waals surface area contributed by atoms with Gasteiger partial charge in [0, 0.05) is 11.6 Å². The highest BCUT2D eigenvalue weighted by atomic mass is 16.1. The van der Waals surface area contributed by atoms with Crippen molar-refractivity contribution in [2.75, 3.05) is 0 Å². The van der Waals surface area contributed by atoms with Crippen molar-refractivity contribution >= 4 is 22.4 Å². The van der Waals surface area contributed by atoms with E-state index in [-0.39, 0.29) is 5.56 Å². The van der Waals surface area contributed by atoms with Gasteiger partial charge in [-0.1, -0.05) is 67.3 Å². The standard InChI is InChI=1S/C24H18N2O/c1-2-19(16-18-10-4-3-5-11-18)22-17-20-12-6-7-13-21(20)24(27)26(22)23-14-8-9-15-25-23/h2-17H,1H2. The number of hydrogen-bond donors (Lipinski definition) is 0. The van der Waals surface area contributed by atoms with Crippen LogP contribution in [0.15, 0.2) is 103 Å². The third-order valence-corrected chi connectivity index (χ3v) is 4.44. The van der Waals surface area contributed by atoms with Gasteiger partial charge in [-0.05, 0) is 46.9 Å². The zero-order valence-electron chi connectivity index (χ0n) is 14.7.